The molecule has 13 heteroatoms. The Balaban J connectivity index is 1.25. The highest BCUT2D eigenvalue weighted by Crippen LogP contribution is 2.32. The van der Waals surface area contributed by atoms with E-state index in [0.29, 0.717) is 36.8 Å². The zero-order valence-electron chi connectivity index (χ0n) is 27.5. The van der Waals surface area contributed by atoms with Gasteiger partial charge < -0.3 is 36.2 Å². The molecule has 3 heterocycles. The lowest BCUT2D eigenvalue weighted by Crippen LogP contribution is -2.59. The van der Waals surface area contributed by atoms with E-state index in [2.05, 4.69) is 31.6 Å². The Kier molecular flexibility index (Phi) is 10.3. The maximum atomic E-state index is 13.7. The van der Waals surface area contributed by atoms with Crippen LogP contribution in [0.5, 0.6) is 5.75 Å². The molecule has 0 spiro atoms. The van der Waals surface area contributed by atoms with Gasteiger partial charge in [-0.15, -0.1) is 11.3 Å². The second kappa shape index (κ2) is 14.3. The summed E-state index contributed by atoms with van der Waals surface area (Å²) in [6, 6.07) is 15.0. The molecule has 0 saturated carbocycles. The molecule has 12 nitrogen and oxygen atoms in total. The summed E-state index contributed by atoms with van der Waals surface area (Å²) in [6.07, 6.45) is 1.25. The molecule has 1 saturated heterocycles. The minimum Gasteiger partial charge on any atom is -0.497 e. The minimum absolute atomic E-state index is 0.255. The number of carbonyl (C=O) groups excluding carboxylic acids is 3. The molecule has 5 rings (SSSR count). The van der Waals surface area contributed by atoms with Crippen molar-refractivity contribution in [1.82, 2.24) is 25.5 Å². The van der Waals surface area contributed by atoms with Crippen LogP contribution in [0, 0.1) is 5.41 Å². The normalized spacial score (nSPS) is 16.0. The van der Waals surface area contributed by atoms with Crippen LogP contribution in [-0.4, -0.2) is 71.4 Å². The molecule has 3 amide bonds. The fraction of sp³-hybridized carbons (Fsp3) is 0.382. The van der Waals surface area contributed by atoms with E-state index in [1.54, 1.807) is 49.5 Å². The van der Waals surface area contributed by atoms with Gasteiger partial charge in [0.05, 0.1) is 23.4 Å². The predicted molar refractivity (Wildman–Crippen MR) is 187 cm³/mol. The van der Waals surface area contributed by atoms with E-state index >= 15 is 0 Å². The molecule has 2 aromatic heterocycles. The Morgan fingerprint density at radius 1 is 1.00 bits per heavy atom. The Labute approximate surface area is 278 Å². The van der Waals surface area contributed by atoms with Crippen molar-refractivity contribution in [2.75, 3.05) is 36.7 Å². The smallest absolute Gasteiger partial charge is 0.247 e. The van der Waals surface area contributed by atoms with E-state index in [1.165, 1.54) is 0 Å². The number of benzene rings is 2. The molecule has 1 aliphatic heterocycles. The van der Waals surface area contributed by atoms with Crippen molar-refractivity contribution in [3.8, 4) is 5.75 Å². The van der Waals surface area contributed by atoms with Crippen molar-refractivity contribution in [3.63, 3.8) is 0 Å². The Hall–Kier alpha value is -4.75. The standard InChI is InChI=1S/C34H42N8O4S/c1-20(35-5)30(43)40-28(34(2,3)4)32(45)42-17-8-11-26(42)31(44)37-21-12-14-22(15-13-21)38-33-39-25-16-18-47-27(25)29(41-33)36-23-9-7-10-24(19-23)46-6/h7,9-10,12-16,18-20,26,28,35H,8,11,17H2,1-6H3,(H,37,44)(H,40,43)(H2,36,38,39,41)/t20-,26+,28+/m0/s1. The van der Waals surface area contributed by atoms with Gasteiger partial charge in [-0.2, -0.15) is 4.98 Å². The highest BCUT2D eigenvalue weighted by atomic mass is 32.1. The summed E-state index contributed by atoms with van der Waals surface area (Å²) < 4.78 is 6.28. The maximum Gasteiger partial charge on any atom is 0.247 e. The number of hydrogen-bond donors (Lipinski definition) is 5. The van der Waals surface area contributed by atoms with Crippen LogP contribution in [-0.2, 0) is 14.4 Å². The highest BCUT2D eigenvalue weighted by Gasteiger charge is 2.42. The second-order valence-corrected chi connectivity index (χ2v) is 13.5. The van der Waals surface area contributed by atoms with Crippen LogP contribution in [0.1, 0.15) is 40.5 Å². The molecule has 5 N–H and O–H groups in total. The zero-order valence-corrected chi connectivity index (χ0v) is 28.3. The van der Waals surface area contributed by atoms with Crippen LogP contribution >= 0.6 is 11.3 Å². The number of thiophene rings is 1. The average molecular weight is 659 g/mol. The van der Waals surface area contributed by atoms with Crippen molar-refractivity contribution in [1.29, 1.82) is 0 Å². The van der Waals surface area contributed by atoms with Crippen molar-refractivity contribution >= 4 is 68.1 Å². The van der Waals surface area contributed by atoms with Crippen molar-refractivity contribution < 1.29 is 19.1 Å². The Morgan fingerprint density at radius 2 is 1.74 bits per heavy atom. The second-order valence-electron chi connectivity index (χ2n) is 12.6. The Morgan fingerprint density at radius 3 is 2.45 bits per heavy atom. The van der Waals surface area contributed by atoms with E-state index in [9.17, 15) is 14.4 Å². The molecule has 1 fully saturated rings. The summed E-state index contributed by atoms with van der Waals surface area (Å²) in [5.41, 5.74) is 2.44. The summed E-state index contributed by atoms with van der Waals surface area (Å²) in [5.74, 6) is 1.04. The van der Waals surface area contributed by atoms with E-state index in [1.807, 2.05) is 68.6 Å². The topological polar surface area (TPSA) is 150 Å². The first-order valence-corrected chi connectivity index (χ1v) is 16.5. The van der Waals surface area contributed by atoms with Crippen LogP contribution in [0.2, 0.25) is 0 Å². The molecule has 1 aliphatic rings. The van der Waals surface area contributed by atoms with Gasteiger partial charge in [-0.1, -0.05) is 26.8 Å². The molecule has 0 radical (unpaired) electrons. The summed E-state index contributed by atoms with van der Waals surface area (Å²) in [4.78, 5) is 50.8. The molecule has 2 aromatic carbocycles. The third-order valence-electron chi connectivity index (χ3n) is 8.11. The van der Waals surface area contributed by atoms with Gasteiger partial charge in [0.15, 0.2) is 5.82 Å². The number of nitrogens with one attached hydrogen (secondary N) is 5. The first kappa shape index (κ1) is 33.6. The molecule has 0 aliphatic carbocycles. The Bertz CT molecular complexity index is 1740. The molecular formula is C34H42N8O4S. The van der Waals surface area contributed by atoms with Gasteiger partial charge in [0.2, 0.25) is 23.7 Å². The number of hydrogen-bond acceptors (Lipinski definition) is 10. The van der Waals surface area contributed by atoms with Crippen LogP contribution in [0.4, 0.5) is 28.8 Å². The number of aromatic nitrogens is 2. The van der Waals surface area contributed by atoms with Crippen molar-refractivity contribution in [2.24, 2.45) is 5.41 Å². The number of nitrogens with zero attached hydrogens (tertiary/aromatic N) is 3. The van der Waals surface area contributed by atoms with Gasteiger partial charge in [-0.25, -0.2) is 4.98 Å². The summed E-state index contributed by atoms with van der Waals surface area (Å²) in [6.45, 7) is 7.90. The number of methoxy groups -OCH3 is 1. The van der Waals surface area contributed by atoms with Crippen LogP contribution in [0.3, 0.4) is 0 Å². The van der Waals surface area contributed by atoms with Crippen LogP contribution in [0.15, 0.2) is 60.0 Å². The lowest BCUT2D eigenvalue weighted by atomic mass is 9.85. The first-order valence-electron chi connectivity index (χ1n) is 15.6. The van der Waals surface area contributed by atoms with Gasteiger partial charge in [0.25, 0.3) is 0 Å². The summed E-state index contributed by atoms with van der Waals surface area (Å²) >= 11 is 1.55. The number of fused-ring (bicyclic) bond motifs is 1. The van der Waals surface area contributed by atoms with Gasteiger partial charge in [0.1, 0.15) is 17.8 Å². The maximum absolute atomic E-state index is 13.7. The third kappa shape index (κ3) is 7.98. The van der Waals surface area contributed by atoms with Gasteiger partial charge in [-0.05, 0) is 80.1 Å². The lowest BCUT2D eigenvalue weighted by Gasteiger charge is -2.36. The number of likely N-dealkylation sites (tertiary alicyclic amines) is 1. The zero-order chi connectivity index (χ0) is 33.7. The van der Waals surface area contributed by atoms with Gasteiger partial charge in [-0.3, -0.25) is 14.4 Å². The number of carbonyl (C=O) groups is 3. The van der Waals surface area contributed by atoms with Crippen molar-refractivity contribution in [3.05, 3.63) is 60.0 Å². The van der Waals surface area contributed by atoms with E-state index in [4.69, 9.17) is 9.72 Å². The number of ether oxygens (including phenoxy) is 1. The van der Waals surface area contributed by atoms with Crippen LogP contribution < -0.4 is 31.3 Å². The van der Waals surface area contributed by atoms with E-state index in [0.717, 1.165) is 27.3 Å². The van der Waals surface area contributed by atoms with Crippen molar-refractivity contribution in [2.45, 2.75) is 58.7 Å². The summed E-state index contributed by atoms with van der Waals surface area (Å²) in [5, 5.41) is 17.4. The van der Waals surface area contributed by atoms with Crippen LogP contribution in [0.25, 0.3) is 10.2 Å². The molecule has 47 heavy (non-hydrogen) atoms. The van der Waals surface area contributed by atoms with Gasteiger partial charge >= 0.3 is 0 Å². The number of likely N-dealkylation sites (N-methyl/N-ethyl adjacent to an activating group) is 1. The molecule has 3 atom stereocenters. The predicted octanol–water partition coefficient (Wildman–Crippen LogP) is 5.26. The molecular weight excluding hydrogens is 616 g/mol. The molecule has 0 bridgehead atoms. The number of amides is 3. The summed E-state index contributed by atoms with van der Waals surface area (Å²) in [7, 11) is 3.32. The largest absolute Gasteiger partial charge is 0.497 e. The molecule has 4 aromatic rings. The number of rotatable bonds is 11. The minimum atomic E-state index is -0.772. The molecule has 248 valence electrons. The highest BCUT2D eigenvalue weighted by molar-refractivity contribution is 7.17. The average Bonchev–Trinajstić information content (AvgIpc) is 3.74. The molecule has 0 unspecified atom stereocenters. The van der Waals surface area contributed by atoms with Gasteiger partial charge in [0, 0.05) is 29.7 Å². The van der Waals surface area contributed by atoms with E-state index < -0.39 is 23.5 Å². The fourth-order valence-electron chi connectivity index (χ4n) is 5.35. The quantitative estimate of drug-likeness (QED) is 0.146. The van der Waals surface area contributed by atoms with E-state index in [-0.39, 0.29) is 17.7 Å². The lowest BCUT2D eigenvalue weighted by molar-refractivity contribution is -0.143. The SMILES string of the molecule is CN[C@@H](C)C(=O)N[C@H](C(=O)N1CCC[C@@H]1C(=O)Nc1ccc(Nc2nc(Nc3cccc(OC)c3)c3sccc3n2)cc1)C(C)(C)C. The fourth-order valence-corrected chi connectivity index (χ4v) is 6.12. The monoisotopic (exact) mass is 658 g/mol. The first-order chi connectivity index (χ1) is 22.5. The third-order valence-corrected chi connectivity index (χ3v) is 9.02. The number of anilines is 5.